The number of unbranched alkanes of at least 4 members (excludes halogenated alkanes) is 1. The van der Waals surface area contributed by atoms with Gasteiger partial charge in [-0.25, -0.2) is 24.1 Å². The second kappa shape index (κ2) is 13.3. The number of aromatic nitrogens is 3. The van der Waals surface area contributed by atoms with E-state index in [9.17, 15) is 19.4 Å². The molecule has 4 N–H and O–H groups in total. The number of carboxylic acids is 1. The fourth-order valence-electron chi connectivity index (χ4n) is 4.64. The van der Waals surface area contributed by atoms with Crippen molar-refractivity contribution < 1.29 is 19.4 Å². The van der Waals surface area contributed by atoms with Crippen molar-refractivity contribution in [2.24, 2.45) is 0 Å². The van der Waals surface area contributed by atoms with Crippen LogP contribution in [-0.2, 0) is 17.6 Å². The van der Waals surface area contributed by atoms with E-state index in [0.29, 0.717) is 18.9 Å². The molecular formula is C27H35FN6O3. The van der Waals surface area contributed by atoms with E-state index >= 15 is 0 Å². The SMILES string of the molecule is O=C(O)[C@H](CCN(CCCCc1ccc2c(n1)NCCC2)CC(O)CF)Nc1ncnc2ccccc12. The van der Waals surface area contributed by atoms with E-state index in [1.54, 1.807) is 0 Å². The molecule has 4 rings (SSSR count). The van der Waals surface area contributed by atoms with Crippen LogP contribution in [0.1, 0.15) is 36.9 Å². The number of pyridine rings is 1. The molecule has 1 aliphatic heterocycles. The summed E-state index contributed by atoms with van der Waals surface area (Å²) < 4.78 is 13.0. The average Bonchev–Trinajstić information content (AvgIpc) is 2.92. The predicted octanol–water partition coefficient (Wildman–Crippen LogP) is 3.29. The van der Waals surface area contributed by atoms with Gasteiger partial charge in [0.1, 0.15) is 30.7 Å². The number of aliphatic hydroxyl groups excluding tert-OH is 1. The Morgan fingerprint density at radius 3 is 2.86 bits per heavy atom. The van der Waals surface area contributed by atoms with Crippen LogP contribution in [0.3, 0.4) is 0 Å². The van der Waals surface area contributed by atoms with Gasteiger partial charge in [-0.05, 0) is 68.8 Å². The first-order chi connectivity index (χ1) is 18.0. The van der Waals surface area contributed by atoms with E-state index in [1.807, 2.05) is 29.2 Å². The predicted molar refractivity (Wildman–Crippen MR) is 142 cm³/mol. The fraction of sp³-hybridized carbons (Fsp3) is 0.481. The number of halogens is 1. The lowest BCUT2D eigenvalue weighted by Gasteiger charge is -2.26. The van der Waals surface area contributed by atoms with Crippen molar-refractivity contribution in [3.8, 4) is 0 Å². The highest BCUT2D eigenvalue weighted by atomic mass is 19.1. The third-order valence-corrected chi connectivity index (χ3v) is 6.64. The number of nitrogens with zero attached hydrogens (tertiary/aromatic N) is 4. The molecule has 1 unspecified atom stereocenters. The summed E-state index contributed by atoms with van der Waals surface area (Å²) in [5.41, 5.74) is 3.02. The highest BCUT2D eigenvalue weighted by Gasteiger charge is 2.21. The lowest BCUT2D eigenvalue weighted by atomic mass is 10.1. The maximum Gasteiger partial charge on any atom is 0.326 e. The molecule has 2 aromatic heterocycles. The number of nitrogens with one attached hydrogen (secondary N) is 2. The second-order valence-corrected chi connectivity index (χ2v) is 9.47. The van der Waals surface area contributed by atoms with Gasteiger partial charge < -0.3 is 25.7 Å². The normalized spacial score (nSPS) is 14.7. The van der Waals surface area contributed by atoms with Crippen molar-refractivity contribution in [3.05, 3.63) is 54.0 Å². The van der Waals surface area contributed by atoms with Gasteiger partial charge in [0.05, 0.1) is 11.6 Å². The van der Waals surface area contributed by atoms with Crippen molar-refractivity contribution in [2.45, 2.75) is 50.7 Å². The molecule has 37 heavy (non-hydrogen) atoms. The zero-order valence-corrected chi connectivity index (χ0v) is 20.9. The van der Waals surface area contributed by atoms with Crippen LogP contribution in [0, 0.1) is 0 Å². The summed E-state index contributed by atoms with van der Waals surface area (Å²) in [5, 5.41) is 26.9. The number of alkyl halides is 1. The lowest BCUT2D eigenvalue weighted by molar-refractivity contribution is -0.138. The van der Waals surface area contributed by atoms with E-state index in [0.717, 1.165) is 61.1 Å². The van der Waals surface area contributed by atoms with Crippen LogP contribution in [0.25, 0.3) is 10.9 Å². The van der Waals surface area contributed by atoms with Crippen LogP contribution in [-0.4, -0.2) is 81.0 Å². The van der Waals surface area contributed by atoms with Gasteiger partial charge >= 0.3 is 5.97 Å². The van der Waals surface area contributed by atoms with Gasteiger partial charge in [0.2, 0.25) is 0 Å². The van der Waals surface area contributed by atoms with Crippen LogP contribution in [0.5, 0.6) is 0 Å². The molecule has 0 saturated carbocycles. The Kier molecular flexibility index (Phi) is 9.56. The van der Waals surface area contributed by atoms with Crippen molar-refractivity contribution >= 4 is 28.5 Å². The first-order valence-electron chi connectivity index (χ1n) is 12.9. The number of anilines is 2. The molecule has 9 nitrogen and oxygen atoms in total. The number of benzene rings is 1. The largest absolute Gasteiger partial charge is 0.480 e. The van der Waals surface area contributed by atoms with Crippen molar-refractivity contribution in [1.82, 2.24) is 19.9 Å². The summed E-state index contributed by atoms with van der Waals surface area (Å²) >= 11 is 0. The summed E-state index contributed by atoms with van der Waals surface area (Å²) in [6.07, 6.45) is 5.30. The third-order valence-electron chi connectivity index (χ3n) is 6.64. The van der Waals surface area contributed by atoms with Crippen LogP contribution in [0.4, 0.5) is 16.0 Å². The number of aliphatic hydroxyl groups is 1. The number of rotatable bonds is 14. The van der Waals surface area contributed by atoms with Gasteiger partial charge in [-0.1, -0.05) is 18.2 Å². The minimum atomic E-state index is -1.10. The standard InChI is InChI=1S/C27H35FN6O3/c28-16-21(35)17-34(14-4-3-7-20-11-10-19-6-5-13-29-25(19)32-20)15-12-24(27(36)37)33-26-22-8-1-2-9-23(22)30-18-31-26/h1-2,8-11,18,21,24,35H,3-7,12-17H2,(H,29,32)(H,36,37)(H,30,31,33)/t21?,24-/m0/s1. The van der Waals surface area contributed by atoms with Crippen LogP contribution in [0.2, 0.25) is 0 Å². The number of aliphatic carboxylic acids is 1. The average molecular weight is 511 g/mol. The molecule has 198 valence electrons. The molecule has 0 aliphatic carbocycles. The molecule has 2 atom stereocenters. The van der Waals surface area contributed by atoms with E-state index in [-0.39, 0.29) is 13.0 Å². The van der Waals surface area contributed by atoms with Crippen molar-refractivity contribution in [1.29, 1.82) is 0 Å². The molecule has 10 heteroatoms. The van der Waals surface area contributed by atoms with E-state index in [4.69, 9.17) is 4.98 Å². The Morgan fingerprint density at radius 2 is 2.03 bits per heavy atom. The van der Waals surface area contributed by atoms with Gasteiger partial charge in [-0.15, -0.1) is 0 Å². The monoisotopic (exact) mass is 510 g/mol. The molecule has 3 heterocycles. The van der Waals surface area contributed by atoms with Gasteiger partial charge in [-0.3, -0.25) is 0 Å². The number of carboxylic acid groups (broad SMARTS) is 1. The number of aryl methyl sites for hydroxylation is 2. The highest BCUT2D eigenvalue weighted by molar-refractivity contribution is 5.90. The maximum absolute atomic E-state index is 13.0. The Bertz CT molecular complexity index is 1170. The minimum Gasteiger partial charge on any atom is -0.480 e. The third kappa shape index (κ3) is 7.56. The van der Waals surface area contributed by atoms with Crippen LogP contribution < -0.4 is 10.6 Å². The molecule has 0 bridgehead atoms. The van der Waals surface area contributed by atoms with Crippen molar-refractivity contribution in [3.63, 3.8) is 0 Å². The molecule has 1 aliphatic rings. The fourth-order valence-corrected chi connectivity index (χ4v) is 4.64. The molecule has 0 amide bonds. The Hall–Kier alpha value is -3.37. The van der Waals surface area contributed by atoms with Gasteiger partial charge in [0.15, 0.2) is 0 Å². The molecule has 0 fully saturated rings. The zero-order chi connectivity index (χ0) is 26.0. The number of carbonyl (C=O) groups is 1. The Balaban J connectivity index is 1.32. The molecule has 3 aromatic rings. The van der Waals surface area contributed by atoms with Crippen LogP contribution in [0.15, 0.2) is 42.7 Å². The first kappa shape index (κ1) is 26.7. The zero-order valence-electron chi connectivity index (χ0n) is 20.9. The summed E-state index contributed by atoms with van der Waals surface area (Å²) in [5.74, 6) is 0.446. The van der Waals surface area contributed by atoms with Crippen molar-refractivity contribution in [2.75, 3.05) is 43.5 Å². The summed E-state index contributed by atoms with van der Waals surface area (Å²) in [7, 11) is 0. The number of fused-ring (bicyclic) bond motifs is 2. The summed E-state index contributed by atoms with van der Waals surface area (Å²) in [6, 6.07) is 10.7. The van der Waals surface area contributed by atoms with E-state index < -0.39 is 24.8 Å². The molecule has 1 aromatic carbocycles. The number of hydrogen-bond acceptors (Lipinski definition) is 8. The topological polar surface area (TPSA) is 124 Å². The Morgan fingerprint density at radius 1 is 1.16 bits per heavy atom. The molecule has 0 spiro atoms. The van der Waals surface area contributed by atoms with E-state index in [1.165, 1.54) is 11.9 Å². The first-order valence-corrected chi connectivity index (χ1v) is 12.9. The Labute approximate surface area is 216 Å². The highest BCUT2D eigenvalue weighted by Crippen LogP contribution is 2.21. The maximum atomic E-state index is 13.0. The second-order valence-electron chi connectivity index (χ2n) is 9.47. The summed E-state index contributed by atoms with van der Waals surface area (Å²) in [6.45, 7) is 1.29. The summed E-state index contributed by atoms with van der Waals surface area (Å²) in [4.78, 5) is 27.1. The number of para-hydroxylation sites is 1. The quantitative estimate of drug-likeness (QED) is 0.242. The lowest BCUT2D eigenvalue weighted by Crippen LogP contribution is -2.39. The smallest absolute Gasteiger partial charge is 0.326 e. The van der Waals surface area contributed by atoms with Gasteiger partial charge in [0.25, 0.3) is 0 Å². The molecule has 0 radical (unpaired) electrons. The van der Waals surface area contributed by atoms with E-state index in [2.05, 4.69) is 32.7 Å². The molecular weight excluding hydrogens is 475 g/mol. The van der Waals surface area contributed by atoms with Gasteiger partial charge in [-0.2, -0.15) is 0 Å². The van der Waals surface area contributed by atoms with Gasteiger partial charge in [0, 0.05) is 30.7 Å². The number of hydrogen-bond donors (Lipinski definition) is 4. The molecule has 0 saturated heterocycles. The minimum absolute atomic E-state index is 0.153. The van der Waals surface area contributed by atoms with Crippen LogP contribution >= 0.6 is 0 Å².